The fourth-order valence-electron chi connectivity index (χ4n) is 2.54. The molecule has 7 nitrogen and oxygen atoms in total. The Morgan fingerprint density at radius 1 is 1.13 bits per heavy atom. The third-order valence-electron chi connectivity index (χ3n) is 4.36. The minimum atomic E-state index is -0.00692. The highest BCUT2D eigenvalue weighted by Crippen LogP contribution is 2.27. The summed E-state index contributed by atoms with van der Waals surface area (Å²) in [4.78, 5) is 13.6. The highest BCUT2D eigenvalue weighted by atomic mass is 35.5. The zero-order valence-corrected chi connectivity index (χ0v) is 18.8. The number of aromatic nitrogens is 3. The second-order valence-corrected chi connectivity index (χ2v) is 8.06. The van der Waals surface area contributed by atoms with Gasteiger partial charge in [-0.3, -0.25) is 9.36 Å². The first-order chi connectivity index (χ1) is 14.4. The summed E-state index contributed by atoms with van der Waals surface area (Å²) in [6.07, 6.45) is 0. The number of halogens is 1. The third kappa shape index (κ3) is 5.25. The number of benzene rings is 2. The van der Waals surface area contributed by atoms with E-state index in [1.165, 1.54) is 11.8 Å². The fraction of sp³-hybridized carbons (Fsp3) is 0.286. The van der Waals surface area contributed by atoms with Crippen LogP contribution in [0.15, 0.2) is 47.6 Å². The van der Waals surface area contributed by atoms with Crippen LogP contribution in [0.25, 0.3) is 5.69 Å². The van der Waals surface area contributed by atoms with E-state index in [0.29, 0.717) is 21.8 Å². The topological polar surface area (TPSA) is 69.5 Å². The number of aryl methyl sites for hydroxylation is 1. The number of nitrogens with zero attached hydrogens (tertiary/aromatic N) is 4. The van der Waals surface area contributed by atoms with Crippen molar-refractivity contribution in [2.75, 3.05) is 27.0 Å². The summed E-state index contributed by atoms with van der Waals surface area (Å²) in [5, 5.41) is 9.81. The van der Waals surface area contributed by atoms with E-state index < -0.39 is 0 Å². The average molecular weight is 447 g/mol. The summed E-state index contributed by atoms with van der Waals surface area (Å²) >= 11 is 7.66. The van der Waals surface area contributed by atoms with E-state index in [9.17, 15) is 4.79 Å². The van der Waals surface area contributed by atoms with Crippen molar-refractivity contribution in [1.29, 1.82) is 0 Å². The molecule has 0 bridgehead atoms. The predicted molar refractivity (Wildman–Crippen MR) is 118 cm³/mol. The number of thioether (sulfide) groups is 1. The first-order valence-corrected chi connectivity index (χ1v) is 10.6. The minimum absolute atomic E-state index is 0.00692. The number of ether oxygens (including phenoxy) is 2. The lowest BCUT2D eigenvalue weighted by molar-refractivity contribution is -0.125. The van der Waals surface area contributed by atoms with E-state index in [1.807, 2.05) is 54.0 Å². The second-order valence-electron chi connectivity index (χ2n) is 6.71. The molecular formula is C21H23ClN4O3S. The molecule has 0 aliphatic heterocycles. The fourth-order valence-corrected chi connectivity index (χ4v) is 3.67. The monoisotopic (exact) mass is 446 g/mol. The summed E-state index contributed by atoms with van der Waals surface area (Å²) in [7, 11) is 5.06. The largest absolute Gasteiger partial charge is 0.497 e. The van der Waals surface area contributed by atoms with Gasteiger partial charge in [-0.05, 0) is 48.9 Å². The molecule has 30 heavy (non-hydrogen) atoms. The Kier molecular flexibility index (Phi) is 7.23. The van der Waals surface area contributed by atoms with Crippen molar-refractivity contribution in [1.82, 2.24) is 19.7 Å². The van der Waals surface area contributed by atoms with E-state index in [2.05, 4.69) is 10.2 Å². The molecule has 3 rings (SSSR count). The summed E-state index contributed by atoms with van der Waals surface area (Å²) in [6, 6.07) is 13.0. The van der Waals surface area contributed by atoms with Crippen molar-refractivity contribution in [2.24, 2.45) is 0 Å². The maximum atomic E-state index is 12.0. The van der Waals surface area contributed by atoms with Gasteiger partial charge in [0.15, 0.2) is 11.0 Å². The van der Waals surface area contributed by atoms with Crippen LogP contribution in [0.2, 0.25) is 5.02 Å². The molecule has 0 saturated heterocycles. The molecule has 2 aromatic carbocycles. The van der Waals surface area contributed by atoms with Crippen molar-refractivity contribution in [3.8, 4) is 17.2 Å². The normalized spacial score (nSPS) is 10.7. The number of carbonyl (C=O) groups is 1. The van der Waals surface area contributed by atoms with E-state index in [0.717, 1.165) is 17.0 Å². The molecule has 0 aliphatic carbocycles. The number of hydrogen-bond acceptors (Lipinski definition) is 6. The van der Waals surface area contributed by atoms with Crippen LogP contribution in [0, 0.1) is 6.92 Å². The lowest BCUT2D eigenvalue weighted by Crippen LogP contribution is -2.23. The van der Waals surface area contributed by atoms with Crippen LogP contribution in [-0.4, -0.2) is 52.5 Å². The molecule has 0 saturated carbocycles. The number of carbonyl (C=O) groups excluding carboxylic acids is 1. The summed E-state index contributed by atoms with van der Waals surface area (Å²) in [5.74, 6) is 2.29. The third-order valence-corrected chi connectivity index (χ3v) is 5.69. The molecule has 1 aromatic heterocycles. The Labute approximate surface area is 185 Å². The van der Waals surface area contributed by atoms with Gasteiger partial charge in [0.1, 0.15) is 18.1 Å². The Morgan fingerprint density at radius 2 is 1.83 bits per heavy atom. The maximum absolute atomic E-state index is 12.0. The second kappa shape index (κ2) is 9.86. The van der Waals surface area contributed by atoms with Gasteiger partial charge in [-0.25, -0.2) is 0 Å². The Morgan fingerprint density at radius 3 is 2.47 bits per heavy atom. The van der Waals surface area contributed by atoms with Gasteiger partial charge in [0.2, 0.25) is 5.91 Å². The zero-order valence-electron chi connectivity index (χ0n) is 17.3. The van der Waals surface area contributed by atoms with Crippen molar-refractivity contribution in [3.63, 3.8) is 0 Å². The van der Waals surface area contributed by atoms with Crippen LogP contribution in [-0.2, 0) is 11.4 Å². The van der Waals surface area contributed by atoms with Gasteiger partial charge in [0.05, 0.1) is 18.6 Å². The van der Waals surface area contributed by atoms with Gasteiger partial charge in [0, 0.05) is 19.1 Å². The van der Waals surface area contributed by atoms with E-state index in [4.69, 9.17) is 21.1 Å². The summed E-state index contributed by atoms with van der Waals surface area (Å²) in [6.45, 7) is 2.14. The molecule has 1 amide bonds. The Bertz CT molecular complexity index is 1020. The molecule has 3 aromatic rings. The van der Waals surface area contributed by atoms with Crippen molar-refractivity contribution in [3.05, 3.63) is 58.9 Å². The first-order valence-electron chi connectivity index (χ1n) is 9.19. The molecule has 0 aliphatic rings. The number of rotatable bonds is 8. The van der Waals surface area contributed by atoms with E-state index in [-0.39, 0.29) is 18.3 Å². The molecule has 0 fully saturated rings. The van der Waals surface area contributed by atoms with E-state index in [1.54, 1.807) is 26.1 Å². The maximum Gasteiger partial charge on any atom is 0.232 e. The quantitative estimate of drug-likeness (QED) is 0.487. The van der Waals surface area contributed by atoms with Gasteiger partial charge in [0.25, 0.3) is 0 Å². The number of amides is 1. The van der Waals surface area contributed by atoms with Crippen LogP contribution in [0.4, 0.5) is 0 Å². The van der Waals surface area contributed by atoms with Crippen LogP contribution < -0.4 is 9.47 Å². The highest BCUT2D eigenvalue weighted by Gasteiger charge is 2.17. The van der Waals surface area contributed by atoms with Gasteiger partial charge in [-0.15, -0.1) is 10.2 Å². The highest BCUT2D eigenvalue weighted by molar-refractivity contribution is 7.99. The zero-order chi connectivity index (χ0) is 21.7. The molecule has 158 valence electrons. The first kappa shape index (κ1) is 22.0. The van der Waals surface area contributed by atoms with Gasteiger partial charge in [-0.2, -0.15) is 0 Å². The van der Waals surface area contributed by atoms with Crippen LogP contribution >= 0.6 is 23.4 Å². The van der Waals surface area contributed by atoms with Crippen molar-refractivity contribution < 1.29 is 14.3 Å². The lowest BCUT2D eigenvalue weighted by Gasteiger charge is -2.13. The molecule has 9 heteroatoms. The van der Waals surface area contributed by atoms with Gasteiger partial charge >= 0.3 is 0 Å². The van der Waals surface area contributed by atoms with E-state index >= 15 is 0 Å². The average Bonchev–Trinajstić information content (AvgIpc) is 3.15. The van der Waals surface area contributed by atoms with Crippen molar-refractivity contribution >= 4 is 29.3 Å². The molecule has 0 atom stereocenters. The van der Waals surface area contributed by atoms with Crippen LogP contribution in [0.1, 0.15) is 11.4 Å². The molecule has 0 N–H and O–H groups in total. The Balaban J connectivity index is 1.87. The summed E-state index contributed by atoms with van der Waals surface area (Å²) < 4.78 is 12.9. The predicted octanol–water partition coefficient (Wildman–Crippen LogP) is 4.00. The number of methoxy groups -OCH3 is 1. The molecular weight excluding hydrogens is 424 g/mol. The van der Waals surface area contributed by atoms with Gasteiger partial charge < -0.3 is 14.4 Å². The smallest absolute Gasteiger partial charge is 0.232 e. The van der Waals surface area contributed by atoms with Crippen LogP contribution in [0.3, 0.4) is 0 Å². The molecule has 0 spiro atoms. The standard InChI is InChI=1S/C21H23ClN4O3S/c1-14-5-6-15(11-18(14)22)26-19(12-29-17-9-7-16(28-4)8-10-17)23-24-21(26)30-13-20(27)25(2)3/h5-11H,12-13H2,1-4H3. The SMILES string of the molecule is COc1ccc(OCc2nnc(SCC(=O)N(C)C)n2-c2ccc(C)c(Cl)c2)cc1. The summed E-state index contributed by atoms with van der Waals surface area (Å²) in [5.41, 5.74) is 1.78. The van der Waals surface area contributed by atoms with Gasteiger partial charge in [-0.1, -0.05) is 29.4 Å². The van der Waals surface area contributed by atoms with Crippen LogP contribution in [0.5, 0.6) is 11.5 Å². The minimum Gasteiger partial charge on any atom is -0.497 e. The molecule has 1 heterocycles. The molecule has 0 unspecified atom stereocenters. The Hall–Kier alpha value is -2.71. The molecule has 0 radical (unpaired) electrons. The van der Waals surface area contributed by atoms with Crippen molar-refractivity contribution in [2.45, 2.75) is 18.7 Å². The number of hydrogen-bond donors (Lipinski definition) is 0. The lowest BCUT2D eigenvalue weighted by atomic mass is 10.2.